The van der Waals surface area contributed by atoms with Gasteiger partial charge in [-0.25, -0.2) is 0 Å². The van der Waals surface area contributed by atoms with Crippen LogP contribution in [0.1, 0.15) is 200 Å². The molecule has 147 heavy (non-hydrogen) atoms. The van der Waals surface area contributed by atoms with Crippen molar-refractivity contribution in [3.63, 3.8) is 0 Å². The van der Waals surface area contributed by atoms with Crippen LogP contribution in [-0.4, -0.2) is 212 Å². The van der Waals surface area contributed by atoms with Gasteiger partial charge in [-0.15, -0.1) is 11.6 Å². The first kappa shape index (κ1) is 102. The molecule has 760 valence electrons. The molecule has 0 saturated carbocycles. The van der Waals surface area contributed by atoms with Gasteiger partial charge >= 0.3 is 0 Å². The Labute approximate surface area is 853 Å². The monoisotopic (exact) mass is 2010 g/mol. The SMILES string of the molecule is CC(C)Oc1ccc(-c2nc(-c3cccc4c3CC3CC(=O)N(CC(O)CO)C43)no2)cc1C#N.CC(C)Oc1ccc(-c2nc(-c3cccc4c3CC3CC(=O)N(CC(O)CO)C43)no2)cc1C#N.CC(C)Oc1ccc(-c2nc(-c3cccc4c3CC3CC(=O)N(CC5COC(C)(C)O5)C43)no2)cc1C#N.CC(C)Oc1ccc(-c2nc(-c3cccc4c3CC3CC(=O)NC43)no2)cc1C#N.CC1(C)OCC(CCl)O1. The molecule has 10 heterocycles. The number of nitriles is 4. The molecule has 36 nitrogen and oxygen atoms in total. The number of nitrogens with zero attached hydrogens (tertiary/aromatic N) is 15. The van der Waals surface area contributed by atoms with E-state index in [9.17, 15) is 60.7 Å². The quantitative estimate of drug-likeness (QED) is 0.0332. The smallest absolute Gasteiger partial charge is 0.258 e. The number of halogens is 1. The topological polar surface area (TPSA) is 496 Å². The lowest BCUT2D eigenvalue weighted by molar-refractivity contribution is -0.145. The van der Waals surface area contributed by atoms with E-state index in [0.717, 1.165) is 74.0 Å². The van der Waals surface area contributed by atoms with E-state index >= 15 is 0 Å². The zero-order chi connectivity index (χ0) is 104. The second kappa shape index (κ2) is 43.2. The number of alkyl halides is 1. The van der Waals surface area contributed by atoms with Gasteiger partial charge in [0.05, 0.1) is 121 Å². The number of likely N-dealkylation sites (tertiary alicyclic amines) is 3. The molecule has 12 aromatic rings. The summed E-state index contributed by atoms with van der Waals surface area (Å²) < 4.78 is 67.3. The number of hydrogen-bond acceptors (Lipinski definition) is 32. The minimum absolute atomic E-state index is 0.00261. The summed E-state index contributed by atoms with van der Waals surface area (Å²) in [5.41, 5.74) is 16.4. The first-order chi connectivity index (χ1) is 70.7. The van der Waals surface area contributed by atoms with Crippen molar-refractivity contribution < 1.29 is 95.6 Å². The van der Waals surface area contributed by atoms with Crippen LogP contribution in [0.25, 0.3) is 91.4 Å². The minimum atomic E-state index is -0.972. The van der Waals surface area contributed by atoms with Gasteiger partial charge in [-0.3, -0.25) is 19.2 Å². The Bertz CT molecular complexity index is 6940. The summed E-state index contributed by atoms with van der Waals surface area (Å²) in [5, 5.41) is 96.4. The van der Waals surface area contributed by atoms with E-state index in [1.165, 1.54) is 5.56 Å². The lowest BCUT2D eigenvalue weighted by Gasteiger charge is -2.28. The Kier molecular flexibility index (Phi) is 30.1. The van der Waals surface area contributed by atoms with Crippen molar-refractivity contribution in [3.05, 3.63) is 212 Å². The number of aliphatic hydroxyl groups is 4. The maximum Gasteiger partial charge on any atom is 0.258 e. The number of fused-ring (bicyclic) bond motifs is 12. The molecule has 12 atom stereocenters. The Balaban J connectivity index is 0.000000125. The molecule has 5 N–H and O–H groups in total. The summed E-state index contributed by atoms with van der Waals surface area (Å²) in [6, 6.07) is 53.1. The number of ether oxygens (including phenoxy) is 8. The van der Waals surface area contributed by atoms with Crippen LogP contribution in [-0.2, 0) is 63.8 Å². The van der Waals surface area contributed by atoms with Gasteiger partial charge in [0.1, 0.15) is 53.4 Å². The molecular weight excluding hydrogens is 1900 g/mol. The first-order valence-electron chi connectivity index (χ1n) is 49.3. The lowest BCUT2D eigenvalue weighted by atomic mass is 10.0. The second-order valence-corrected chi connectivity index (χ2v) is 40.4. The molecule has 0 radical (unpaired) electrons. The zero-order valence-electron chi connectivity index (χ0n) is 83.3. The molecule has 0 bridgehead atoms. The second-order valence-electron chi connectivity index (χ2n) is 40.1. The normalized spacial score (nSPS) is 21.4. The fourth-order valence-electron chi connectivity index (χ4n) is 21.3. The van der Waals surface area contributed by atoms with Gasteiger partial charge in [0.25, 0.3) is 23.6 Å². The molecule has 4 amide bonds. The van der Waals surface area contributed by atoms with Crippen molar-refractivity contribution in [2.24, 2.45) is 23.7 Å². The molecule has 22 rings (SSSR count). The number of amides is 4. The van der Waals surface area contributed by atoms with Crippen LogP contribution in [0.4, 0.5) is 0 Å². The first-order valence-corrected chi connectivity index (χ1v) is 49.8. The number of carbonyl (C=O) groups excluding carboxylic acids is 4. The van der Waals surface area contributed by atoms with Gasteiger partial charge in [-0.1, -0.05) is 93.4 Å². The third-order valence-corrected chi connectivity index (χ3v) is 27.7. The van der Waals surface area contributed by atoms with E-state index in [0.29, 0.717) is 179 Å². The summed E-state index contributed by atoms with van der Waals surface area (Å²) >= 11 is 5.53. The summed E-state index contributed by atoms with van der Waals surface area (Å²) in [7, 11) is 0. The Morgan fingerprint density at radius 3 is 1.00 bits per heavy atom. The standard InChI is InChI=1S/C29H30N4O5.2C26H26N4O5.C23H20N4O3.C6H11ClO2/c1-16(2)36-24-9-8-17(10-19(24)13-30)28-31-27(32-38-28)22-7-5-6-21-23(22)11-18-12-25(34)33(26(18)21)14-20-15-35-29(3,4)37-20;2*1-14(2)34-22-7-6-15(8-17(22)11-27)26-28-25(29-35-26)20-5-3-4-19-21(20)9-16-10-23(33)30(24(16)19)12-18(32)13-31;1-12(2)29-19-7-6-13(8-15(19)11-24)23-26-22(27-30-23)17-5-3-4-16-18(17)9-14-10-20(28)25-21(14)16;1-6(2)8-4-5(3-7)9-6/h5-10,16,18,20,26H,11-12,14-15H2,1-4H3;2*3-8,14,16,18,24,31-32H,9-10,12-13H2,1-2H3;3-8,12,14,21H,9-10H2,1-2H3,(H,25,28);5H,3-4H2,1-2H3. The number of aliphatic hydroxyl groups excluding tert-OH is 4. The van der Waals surface area contributed by atoms with Gasteiger partial charge in [0.2, 0.25) is 46.9 Å². The van der Waals surface area contributed by atoms with Crippen molar-refractivity contribution >= 4 is 35.2 Å². The van der Waals surface area contributed by atoms with E-state index in [1.807, 2.05) is 161 Å². The van der Waals surface area contributed by atoms with Crippen molar-refractivity contribution in [1.29, 1.82) is 21.0 Å². The fraction of sp³-hybridized carbons (Fsp3) is 0.418. The van der Waals surface area contributed by atoms with Crippen LogP contribution in [0.2, 0.25) is 0 Å². The van der Waals surface area contributed by atoms with Gasteiger partial charge in [-0.05, 0) is 250 Å². The Morgan fingerprint density at radius 2 is 0.707 bits per heavy atom. The largest absolute Gasteiger partial charge is 0.490 e. The average molecular weight is 2010 g/mol. The maximum atomic E-state index is 13.0. The highest BCUT2D eigenvalue weighted by molar-refractivity contribution is 6.18. The molecule has 0 spiro atoms. The number of hydrogen-bond donors (Lipinski definition) is 5. The minimum Gasteiger partial charge on any atom is -0.490 e. The van der Waals surface area contributed by atoms with Crippen LogP contribution in [0.3, 0.4) is 0 Å². The molecule has 6 aliphatic heterocycles. The summed E-state index contributed by atoms with van der Waals surface area (Å²) in [5.74, 6) is 5.62. The predicted molar refractivity (Wildman–Crippen MR) is 531 cm³/mol. The number of aromatic nitrogens is 8. The number of benzene rings is 8. The molecule has 37 heteroatoms. The maximum absolute atomic E-state index is 13.0. The van der Waals surface area contributed by atoms with E-state index in [1.54, 1.807) is 70.5 Å². The number of rotatable bonds is 25. The molecule has 6 saturated heterocycles. The average Bonchev–Trinajstić information content (AvgIpc) is 1.60. The highest BCUT2D eigenvalue weighted by Gasteiger charge is 2.52. The Morgan fingerprint density at radius 1 is 0.408 bits per heavy atom. The van der Waals surface area contributed by atoms with E-state index < -0.39 is 37.0 Å². The summed E-state index contributed by atoms with van der Waals surface area (Å²) in [4.78, 5) is 73.6. The van der Waals surface area contributed by atoms with Crippen molar-refractivity contribution in [1.82, 2.24) is 60.6 Å². The highest BCUT2D eigenvalue weighted by atomic mass is 35.5. The third kappa shape index (κ3) is 21.8. The van der Waals surface area contributed by atoms with Gasteiger partial charge in [0, 0.05) is 89.8 Å². The van der Waals surface area contributed by atoms with E-state index in [4.69, 9.17) is 67.6 Å². The molecule has 8 aromatic carbocycles. The number of β-amino-alcohol motifs (C(OH)–C–C–N with tert-alkyl or cyclic N) is 2. The predicted octanol–water partition coefficient (Wildman–Crippen LogP) is 15.6. The Hall–Kier alpha value is -14.7. The van der Waals surface area contributed by atoms with Gasteiger partial charge < -0.3 is 96.4 Å². The van der Waals surface area contributed by atoms with Gasteiger partial charge in [-0.2, -0.15) is 41.0 Å². The molecular formula is C110H113ClN16O20. The van der Waals surface area contributed by atoms with E-state index in [-0.39, 0.29) is 121 Å². The van der Waals surface area contributed by atoms with Crippen LogP contribution in [0.5, 0.6) is 23.0 Å². The van der Waals surface area contributed by atoms with Crippen molar-refractivity contribution in [2.75, 3.05) is 51.9 Å². The van der Waals surface area contributed by atoms with Crippen LogP contribution in [0, 0.1) is 69.0 Å². The number of nitrogens with one attached hydrogen (secondary N) is 1. The van der Waals surface area contributed by atoms with Crippen LogP contribution in [0.15, 0.2) is 164 Å². The molecule has 6 fully saturated rings. The molecule has 4 aliphatic carbocycles. The lowest BCUT2D eigenvalue weighted by Crippen LogP contribution is -2.37. The zero-order valence-corrected chi connectivity index (χ0v) is 84.1. The summed E-state index contributed by atoms with van der Waals surface area (Å²) in [6.45, 7) is 23.9. The van der Waals surface area contributed by atoms with Crippen LogP contribution >= 0.6 is 11.6 Å². The van der Waals surface area contributed by atoms with Crippen molar-refractivity contribution in [3.8, 4) is 139 Å². The van der Waals surface area contributed by atoms with Crippen LogP contribution < -0.4 is 24.3 Å². The molecule has 10 aliphatic rings. The third-order valence-electron chi connectivity index (χ3n) is 27.3. The number of carbonyl (C=O) groups is 4. The highest BCUT2D eigenvalue weighted by Crippen LogP contribution is 2.54. The van der Waals surface area contributed by atoms with E-state index in [2.05, 4.69) is 82.3 Å². The molecule has 12 unspecified atom stereocenters. The summed E-state index contributed by atoms with van der Waals surface area (Å²) in [6.07, 6.45) is 2.66. The van der Waals surface area contributed by atoms with Gasteiger partial charge in [0.15, 0.2) is 11.6 Å². The molecule has 4 aromatic heterocycles. The fourth-order valence-corrected chi connectivity index (χ4v) is 21.5. The van der Waals surface area contributed by atoms with Crippen molar-refractivity contribution in [2.45, 2.75) is 219 Å².